The van der Waals surface area contributed by atoms with Crippen LogP contribution in [0.4, 0.5) is 11.8 Å². The number of benzene rings is 1. The first kappa shape index (κ1) is 19.5. The van der Waals surface area contributed by atoms with E-state index >= 15 is 0 Å². The molecule has 2 fully saturated rings. The molecule has 162 valence electrons. The fraction of sp³-hybridized carbons (Fsp3) is 0.522. The first-order chi connectivity index (χ1) is 15.2. The molecule has 4 aliphatic rings. The van der Waals surface area contributed by atoms with E-state index in [1.807, 2.05) is 0 Å². The zero-order valence-corrected chi connectivity index (χ0v) is 18.3. The van der Waals surface area contributed by atoms with Crippen molar-refractivity contribution >= 4 is 28.7 Å². The van der Waals surface area contributed by atoms with E-state index in [9.17, 15) is 9.66 Å². The number of rotatable bonds is 5. The standard InChI is InChI=1S/C23H27N5O2S/c29-14-23(8-9-23)27-21-20-18(7-12-31(20)30)25-22(26-21)28-10-5-15(6-11-28)19-17-4-2-1-3-16(17)13-24-19/h1-4,15,29H,5-14H2,(H,25,26,27). The highest BCUT2D eigenvalue weighted by Crippen LogP contribution is 2.42. The minimum atomic E-state index is -1.06. The molecule has 0 radical (unpaired) electrons. The Morgan fingerprint density at radius 3 is 2.77 bits per heavy atom. The maximum atomic E-state index is 12.6. The lowest BCUT2D eigenvalue weighted by molar-refractivity contribution is 0.265. The van der Waals surface area contributed by atoms with Gasteiger partial charge in [0.2, 0.25) is 10.8 Å². The van der Waals surface area contributed by atoms with Gasteiger partial charge in [-0.1, -0.05) is 24.3 Å². The monoisotopic (exact) mass is 437 g/mol. The van der Waals surface area contributed by atoms with Crippen LogP contribution in [0.3, 0.4) is 0 Å². The summed E-state index contributed by atoms with van der Waals surface area (Å²) in [5, 5.41) is 13.2. The molecule has 8 heteroatoms. The van der Waals surface area contributed by atoms with E-state index in [4.69, 9.17) is 15.0 Å². The topological polar surface area (TPSA) is 96.7 Å². The molecule has 1 unspecified atom stereocenters. The van der Waals surface area contributed by atoms with Gasteiger partial charge in [0.1, 0.15) is 11.4 Å². The Bertz CT molecular complexity index is 1050. The molecule has 2 aromatic rings. The largest absolute Gasteiger partial charge is 0.611 e. The Labute approximate surface area is 185 Å². The third-order valence-corrected chi connectivity index (χ3v) is 8.55. The molecule has 1 atom stereocenters. The van der Waals surface area contributed by atoms with Crippen LogP contribution in [0.25, 0.3) is 0 Å². The molecule has 3 aliphatic heterocycles. The summed E-state index contributed by atoms with van der Waals surface area (Å²) >= 11 is -1.06. The molecular weight excluding hydrogens is 410 g/mol. The van der Waals surface area contributed by atoms with Crippen molar-refractivity contribution in [3.05, 3.63) is 41.1 Å². The molecule has 7 nitrogen and oxygen atoms in total. The van der Waals surface area contributed by atoms with Crippen LogP contribution in [0.2, 0.25) is 0 Å². The molecule has 1 saturated carbocycles. The van der Waals surface area contributed by atoms with Gasteiger partial charge in [-0.2, -0.15) is 4.98 Å². The Kier molecular flexibility index (Phi) is 4.70. The van der Waals surface area contributed by atoms with Gasteiger partial charge in [0.25, 0.3) is 0 Å². The Morgan fingerprint density at radius 2 is 2.00 bits per heavy atom. The Hall–Kier alpha value is -2.16. The maximum absolute atomic E-state index is 12.6. The fourth-order valence-electron chi connectivity index (χ4n) is 5.00. The van der Waals surface area contributed by atoms with E-state index in [0.29, 0.717) is 17.5 Å². The zero-order valence-electron chi connectivity index (χ0n) is 17.5. The van der Waals surface area contributed by atoms with Gasteiger partial charge < -0.3 is 19.9 Å². The molecule has 0 bridgehead atoms. The summed E-state index contributed by atoms with van der Waals surface area (Å²) in [7, 11) is 0. The van der Waals surface area contributed by atoms with E-state index in [1.54, 1.807) is 0 Å². The summed E-state index contributed by atoms with van der Waals surface area (Å²) in [5.41, 5.74) is 4.52. The maximum Gasteiger partial charge on any atom is 0.227 e. The van der Waals surface area contributed by atoms with Crippen molar-refractivity contribution in [3.8, 4) is 0 Å². The van der Waals surface area contributed by atoms with Gasteiger partial charge in [-0.25, -0.2) is 4.98 Å². The lowest BCUT2D eigenvalue weighted by Crippen LogP contribution is -2.38. The average molecular weight is 438 g/mol. The second kappa shape index (κ2) is 7.46. The fourth-order valence-corrected chi connectivity index (χ4v) is 6.31. The number of fused-ring (bicyclic) bond motifs is 2. The normalized spacial score (nSPS) is 24.0. The van der Waals surface area contributed by atoms with Crippen molar-refractivity contribution < 1.29 is 9.66 Å². The highest BCUT2D eigenvalue weighted by atomic mass is 32.2. The van der Waals surface area contributed by atoms with Crippen LogP contribution in [0.5, 0.6) is 0 Å². The number of aryl methyl sites for hydroxylation is 1. The summed E-state index contributed by atoms with van der Waals surface area (Å²) < 4.78 is 12.6. The third kappa shape index (κ3) is 3.41. The summed E-state index contributed by atoms with van der Waals surface area (Å²) in [6.07, 6.45) is 4.62. The van der Waals surface area contributed by atoms with Crippen molar-refractivity contribution in [2.24, 2.45) is 10.9 Å². The van der Waals surface area contributed by atoms with Crippen LogP contribution in [0.15, 0.2) is 34.2 Å². The molecule has 2 N–H and O–H groups in total. The number of aliphatic hydroxyl groups excluding tert-OH is 1. The van der Waals surface area contributed by atoms with E-state index in [2.05, 4.69) is 34.5 Å². The predicted molar refractivity (Wildman–Crippen MR) is 121 cm³/mol. The molecular formula is C23H27N5O2S. The quantitative estimate of drug-likeness (QED) is 0.697. The van der Waals surface area contributed by atoms with Crippen molar-refractivity contribution in [2.75, 3.05) is 35.7 Å². The van der Waals surface area contributed by atoms with Crippen LogP contribution in [-0.4, -0.2) is 56.3 Å². The molecule has 31 heavy (non-hydrogen) atoms. The number of nitrogens with one attached hydrogen (secondary N) is 1. The van der Waals surface area contributed by atoms with Crippen LogP contribution < -0.4 is 10.2 Å². The second-order valence-electron chi connectivity index (χ2n) is 9.13. The van der Waals surface area contributed by atoms with Crippen molar-refractivity contribution in [3.63, 3.8) is 0 Å². The van der Waals surface area contributed by atoms with E-state index in [0.717, 1.165) is 68.3 Å². The van der Waals surface area contributed by atoms with E-state index in [1.165, 1.54) is 16.8 Å². The molecule has 1 aromatic heterocycles. The van der Waals surface area contributed by atoms with Crippen LogP contribution in [0.1, 0.15) is 42.5 Å². The molecule has 1 saturated heterocycles. The first-order valence-corrected chi connectivity index (χ1v) is 12.5. The van der Waals surface area contributed by atoms with Gasteiger partial charge in [0.05, 0.1) is 18.7 Å². The van der Waals surface area contributed by atoms with Crippen LogP contribution in [-0.2, 0) is 24.1 Å². The number of aliphatic hydroxyl groups is 1. The van der Waals surface area contributed by atoms with Crippen LogP contribution >= 0.6 is 0 Å². The third-order valence-electron chi connectivity index (χ3n) is 7.09. The number of hydrogen-bond acceptors (Lipinski definition) is 7. The highest BCUT2D eigenvalue weighted by molar-refractivity contribution is 7.91. The summed E-state index contributed by atoms with van der Waals surface area (Å²) in [6.45, 7) is 2.65. The smallest absolute Gasteiger partial charge is 0.227 e. The predicted octanol–water partition coefficient (Wildman–Crippen LogP) is 2.30. The van der Waals surface area contributed by atoms with Crippen molar-refractivity contribution in [2.45, 2.75) is 49.1 Å². The van der Waals surface area contributed by atoms with Gasteiger partial charge in [0, 0.05) is 36.7 Å². The highest BCUT2D eigenvalue weighted by Gasteiger charge is 2.45. The second-order valence-corrected chi connectivity index (χ2v) is 10.6. The summed E-state index contributed by atoms with van der Waals surface area (Å²) in [6, 6.07) is 8.57. The number of aliphatic imine (C=N–C) groups is 1. The number of piperidine rings is 1. The number of nitrogens with zero attached hydrogens (tertiary/aromatic N) is 4. The number of anilines is 2. The van der Waals surface area contributed by atoms with Gasteiger partial charge >= 0.3 is 0 Å². The molecule has 6 rings (SSSR count). The van der Waals surface area contributed by atoms with Crippen molar-refractivity contribution in [1.82, 2.24) is 9.97 Å². The van der Waals surface area contributed by atoms with Gasteiger partial charge in [-0.05, 0) is 42.4 Å². The Morgan fingerprint density at radius 1 is 1.19 bits per heavy atom. The average Bonchev–Trinajstić information content (AvgIpc) is 3.28. The molecule has 0 spiro atoms. The minimum absolute atomic E-state index is 0.0721. The molecule has 1 aliphatic carbocycles. The van der Waals surface area contributed by atoms with Crippen molar-refractivity contribution in [1.29, 1.82) is 0 Å². The minimum Gasteiger partial charge on any atom is -0.611 e. The van der Waals surface area contributed by atoms with E-state index in [-0.39, 0.29) is 12.1 Å². The summed E-state index contributed by atoms with van der Waals surface area (Å²) in [4.78, 5) is 17.5. The van der Waals surface area contributed by atoms with E-state index < -0.39 is 11.2 Å². The van der Waals surface area contributed by atoms with Gasteiger partial charge in [-0.3, -0.25) is 4.99 Å². The van der Waals surface area contributed by atoms with Gasteiger partial charge in [-0.15, -0.1) is 0 Å². The summed E-state index contributed by atoms with van der Waals surface area (Å²) in [5.74, 6) is 2.47. The lowest BCUT2D eigenvalue weighted by atomic mass is 9.88. The number of hydrogen-bond donors (Lipinski definition) is 2. The Balaban J connectivity index is 1.22. The molecule has 0 amide bonds. The zero-order chi connectivity index (χ0) is 21.0. The van der Waals surface area contributed by atoms with Gasteiger partial charge in [0.15, 0.2) is 5.82 Å². The first-order valence-electron chi connectivity index (χ1n) is 11.2. The number of aromatic nitrogens is 2. The molecule has 4 heterocycles. The SMILES string of the molecule is [O-][S+]1CCc2nc(N3CCC(C4=NCc5ccccc54)CC3)nc(NC3(CO)CC3)c21. The van der Waals surface area contributed by atoms with Crippen LogP contribution in [0, 0.1) is 5.92 Å². The molecule has 1 aromatic carbocycles. The lowest BCUT2D eigenvalue weighted by Gasteiger charge is -2.32.